The second kappa shape index (κ2) is 4.19. The van der Waals surface area contributed by atoms with Crippen LogP contribution in [0.2, 0.25) is 0 Å². The molecule has 0 bridgehead atoms. The third kappa shape index (κ3) is 2.37. The molecule has 0 radical (unpaired) electrons. The van der Waals surface area contributed by atoms with Gasteiger partial charge in [-0.1, -0.05) is 6.92 Å². The fourth-order valence-electron chi connectivity index (χ4n) is 1.14. The Kier molecular flexibility index (Phi) is 3.30. The molecule has 90 valence electrons. The van der Waals surface area contributed by atoms with Gasteiger partial charge in [0.15, 0.2) is 5.60 Å². The Hall–Kier alpha value is -1.46. The van der Waals surface area contributed by atoms with E-state index in [0.717, 1.165) is 4.57 Å². The van der Waals surface area contributed by atoms with Crippen molar-refractivity contribution in [2.24, 2.45) is 0 Å². The molecule has 0 aliphatic rings. The van der Waals surface area contributed by atoms with Crippen LogP contribution in [0.5, 0.6) is 0 Å². The molecular formula is C10H14F2N2O2. The van der Waals surface area contributed by atoms with Crippen LogP contribution >= 0.6 is 0 Å². The summed E-state index contributed by atoms with van der Waals surface area (Å²) in [6, 6.07) is 0. The first kappa shape index (κ1) is 12.6. The fraction of sp³-hybridized carbons (Fsp3) is 0.600. The van der Waals surface area contributed by atoms with Crippen molar-refractivity contribution >= 4 is 6.09 Å². The molecule has 0 saturated heterocycles. The standard InChI is InChI=1S/C10H14F2N2O2/c1-4-10(11,12)9(2,3)16-8(15)14-6-5-13-7-14/h5-7H,4H2,1-3H3. The van der Waals surface area contributed by atoms with Crippen LogP contribution in [-0.4, -0.2) is 27.2 Å². The van der Waals surface area contributed by atoms with Crippen molar-refractivity contribution in [2.75, 3.05) is 0 Å². The molecule has 0 unspecified atom stereocenters. The van der Waals surface area contributed by atoms with Crippen LogP contribution in [0.25, 0.3) is 0 Å². The maximum Gasteiger partial charge on any atom is 0.419 e. The summed E-state index contributed by atoms with van der Waals surface area (Å²) in [5.41, 5.74) is -1.84. The Balaban J connectivity index is 2.77. The number of rotatable bonds is 3. The van der Waals surface area contributed by atoms with Crippen LogP contribution in [0.4, 0.5) is 13.6 Å². The lowest BCUT2D eigenvalue weighted by molar-refractivity contribution is -0.163. The van der Waals surface area contributed by atoms with E-state index in [1.807, 2.05) is 0 Å². The van der Waals surface area contributed by atoms with Crippen molar-refractivity contribution in [1.82, 2.24) is 9.55 Å². The molecule has 1 heterocycles. The Labute approximate surface area is 92.2 Å². The first-order valence-electron chi connectivity index (χ1n) is 4.89. The smallest absolute Gasteiger partial charge is 0.419 e. The number of carbonyl (C=O) groups excluding carboxylic acids is 1. The van der Waals surface area contributed by atoms with E-state index in [0.29, 0.717) is 0 Å². The largest absolute Gasteiger partial charge is 0.436 e. The van der Waals surface area contributed by atoms with E-state index in [9.17, 15) is 13.6 Å². The van der Waals surface area contributed by atoms with Gasteiger partial charge in [-0.2, -0.15) is 0 Å². The highest BCUT2D eigenvalue weighted by molar-refractivity contribution is 5.70. The molecule has 1 aromatic heterocycles. The number of ether oxygens (including phenoxy) is 1. The van der Waals surface area contributed by atoms with E-state index < -0.39 is 24.0 Å². The van der Waals surface area contributed by atoms with E-state index in [4.69, 9.17) is 4.74 Å². The molecular weight excluding hydrogens is 218 g/mol. The fourth-order valence-corrected chi connectivity index (χ4v) is 1.14. The lowest BCUT2D eigenvalue weighted by Crippen LogP contribution is -2.46. The molecule has 0 spiro atoms. The number of alkyl halides is 2. The topological polar surface area (TPSA) is 44.1 Å². The Bertz CT molecular complexity index is 361. The number of hydrogen-bond donors (Lipinski definition) is 0. The van der Waals surface area contributed by atoms with Gasteiger partial charge in [0, 0.05) is 18.8 Å². The van der Waals surface area contributed by atoms with E-state index in [1.165, 1.54) is 39.5 Å². The van der Waals surface area contributed by atoms with Crippen LogP contribution in [0.3, 0.4) is 0 Å². The van der Waals surface area contributed by atoms with Crippen LogP contribution in [0.15, 0.2) is 18.7 Å². The molecule has 0 aromatic carbocycles. The van der Waals surface area contributed by atoms with Gasteiger partial charge in [-0.05, 0) is 13.8 Å². The summed E-state index contributed by atoms with van der Waals surface area (Å²) in [4.78, 5) is 15.1. The van der Waals surface area contributed by atoms with Crippen LogP contribution < -0.4 is 0 Å². The zero-order valence-corrected chi connectivity index (χ0v) is 9.41. The van der Waals surface area contributed by atoms with Gasteiger partial charge in [0.05, 0.1) is 0 Å². The molecule has 0 N–H and O–H groups in total. The minimum atomic E-state index is -3.07. The highest BCUT2D eigenvalue weighted by Gasteiger charge is 2.48. The van der Waals surface area contributed by atoms with Crippen molar-refractivity contribution in [2.45, 2.75) is 38.7 Å². The highest BCUT2D eigenvalue weighted by Crippen LogP contribution is 2.34. The normalized spacial score (nSPS) is 12.6. The summed E-state index contributed by atoms with van der Waals surface area (Å²) in [6.07, 6.45) is 2.64. The van der Waals surface area contributed by atoms with E-state index in [-0.39, 0.29) is 0 Å². The van der Waals surface area contributed by atoms with Crippen molar-refractivity contribution in [3.63, 3.8) is 0 Å². The number of nitrogens with zero attached hydrogens (tertiary/aromatic N) is 2. The minimum Gasteiger partial charge on any atom is -0.436 e. The maximum atomic E-state index is 13.4. The summed E-state index contributed by atoms with van der Waals surface area (Å²) in [5.74, 6) is -3.07. The van der Waals surface area contributed by atoms with Gasteiger partial charge in [-0.3, -0.25) is 0 Å². The Morgan fingerprint density at radius 3 is 2.56 bits per heavy atom. The third-order valence-corrected chi connectivity index (χ3v) is 2.38. The summed E-state index contributed by atoms with van der Waals surface area (Å²) in [5, 5.41) is 0. The molecule has 0 aliphatic carbocycles. The average Bonchev–Trinajstić information content (AvgIpc) is 2.69. The maximum absolute atomic E-state index is 13.4. The van der Waals surface area contributed by atoms with E-state index in [2.05, 4.69) is 4.98 Å². The van der Waals surface area contributed by atoms with Crippen molar-refractivity contribution in [3.8, 4) is 0 Å². The number of halogens is 2. The molecule has 1 rings (SSSR count). The van der Waals surface area contributed by atoms with Crippen LogP contribution in [0, 0.1) is 0 Å². The van der Waals surface area contributed by atoms with Crippen molar-refractivity contribution in [3.05, 3.63) is 18.7 Å². The molecule has 0 aliphatic heterocycles. The van der Waals surface area contributed by atoms with Gasteiger partial charge in [-0.15, -0.1) is 0 Å². The van der Waals surface area contributed by atoms with E-state index >= 15 is 0 Å². The van der Waals surface area contributed by atoms with Crippen molar-refractivity contribution in [1.29, 1.82) is 0 Å². The number of aromatic nitrogens is 2. The molecule has 1 aromatic rings. The van der Waals surface area contributed by atoms with Gasteiger partial charge < -0.3 is 4.74 Å². The monoisotopic (exact) mass is 232 g/mol. The van der Waals surface area contributed by atoms with Gasteiger partial charge in [0.1, 0.15) is 6.33 Å². The zero-order chi connectivity index (χ0) is 12.4. The SMILES string of the molecule is CCC(F)(F)C(C)(C)OC(=O)n1ccnc1. The lowest BCUT2D eigenvalue weighted by Gasteiger charge is -2.32. The first-order chi connectivity index (χ1) is 7.30. The van der Waals surface area contributed by atoms with Gasteiger partial charge in [-0.25, -0.2) is 23.1 Å². The van der Waals surface area contributed by atoms with Crippen LogP contribution in [0.1, 0.15) is 27.2 Å². The van der Waals surface area contributed by atoms with E-state index in [1.54, 1.807) is 0 Å². The number of hydrogen-bond acceptors (Lipinski definition) is 3. The summed E-state index contributed by atoms with van der Waals surface area (Å²) < 4.78 is 32.6. The molecule has 0 amide bonds. The zero-order valence-electron chi connectivity index (χ0n) is 9.41. The highest BCUT2D eigenvalue weighted by atomic mass is 19.3. The summed E-state index contributed by atoms with van der Waals surface area (Å²) in [7, 11) is 0. The third-order valence-electron chi connectivity index (χ3n) is 2.38. The quantitative estimate of drug-likeness (QED) is 0.804. The van der Waals surface area contributed by atoms with Gasteiger partial charge in [0.2, 0.25) is 0 Å². The molecule has 0 saturated carbocycles. The second-order valence-corrected chi connectivity index (χ2v) is 3.91. The number of carbonyl (C=O) groups is 1. The summed E-state index contributed by atoms with van der Waals surface area (Å²) in [6.45, 7) is 3.71. The average molecular weight is 232 g/mol. The Morgan fingerprint density at radius 2 is 2.12 bits per heavy atom. The van der Waals surface area contributed by atoms with Crippen LogP contribution in [-0.2, 0) is 4.74 Å². The molecule has 4 nitrogen and oxygen atoms in total. The molecule has 0 fully saturated rings. The molecule has 6 heteroatoms. The predicted octanol–water partition coefficient (Wildman–Crippen LogP) is 2.69. The first-order valence-corrected chi connectivity index (χ1v) is 4.89. The molecule has 0 atom stereocenters. The summed E-state index contributed by atoms with van der Waals surface area (Å²) >= 11 is 0. The second-order valence-electron chi connectivity index (χ2n) is 3.91. The minimum absolute atomic E-state index is 0.392. The lowest BCUT2D eigenvalue weighted by atomic mass is 9.98. The van der Waals surface area contributed by atoms with Gasteiger partial charge in [0.25, 0.3) is 5.92 Å². The predicted molar refractivity (Wildman–Crippen MR) is 53.4 cm³/mol. The number of imidazole rings is 1. The van der Waals surface area contributed by atoms with Gasteiger partial charge >= 0.3 is 6.09 Å². The molecule has 16 heavy (non-hydrogen) atoms. The van der Waals surface area contributed by atoms with Crippen molar-refractivity contribution < 1.29 is 18.3 Å². The Morgan fingerprint density at radius 1 is 1.50 bits per heavy atom.